The van der Waals surface area contributed by atoms with Gasteiger partial charge in [0.2, 0.25) is 5.91 Å². The first kappa shape index (κ1) is 17.3. The van der Waals surface area contributed by atoms with Gasteiger partial charge in [-0.2, -0.15) is 0 Å². The second-order valence-electron chi connectivity index (χ2n) is 5.73. The van der Waals surface area contributed by atoms with Crippen LogP contribution in [0.5, 0.6) is 0 Å². The summed E-state index contributed by atoms with van der Waals surface area (Å²) in [7, 11) is 1.54. The van der Waals surface area contributed by atoms with Crippen LogP contribution in [0.1, 0.15) is 31.2 Å². The van der Waals surface area contributed by atoms with Crippen molar-refractivity contribution in [3.8, 4) is 0 Å². The molecule has 1 saturated carbocycles. The molecule has 0 bridgehead atoms. The van der Waals surface area contributed by atoms with Crippen molar-refractivity contribution in [2.75, 3.05) is 13.8 Å². The lowest BCUT2D eigenvalue weighted by Gasteiger charge is -2.28. The maximum Gasteiger partial charge on any atom is 0.407 e. The molecule has 0 aromatic heterocycles. The molecule has 2 N–H and O–H groups in total. The zero-order chi connectivity index (χ0) is 16.5. The second-order valence-corrected chi connectivity index (χ2v) is 5.73. The predicted octanol–water partition coefficient (Wildman–Crippen LogP) is 2.19. The number of hydrogen-bond donors (Lipinski definition) is 2. The molecule has 6 heteroatoms. The van der Waals surface area contributed by atoms with Gasteiger partial charge in [-0.25, -0.2) is 4.79 Å². The minimum Gasteiger partial charge on any atom is -0.445 e. The molecule has 0 aliphatic heterocycles. The van der Waals surface area contributed by atoms with Crippen LogP contribution in [0, 0.1) is 5.92 Å². The molecule has 23 heavy (non-hydrogen) atoms. The summed E-state index contributed by atoms with van der Waals surface area (Å²) in [4.78, 5) is 23.7. The van der Waals surface area contributed by atoms with Crippen molar-refractivity contribution in [2.45, 2.75) is 38.3 Å². The van der Waals surface area contributed by atoms with E-state index in [9.17, 15) is 9.59 Å². The van der Waals surface area contributed by atoms with Crippen LogP contribution in [0.4, 0.5) is 4.79 Å². The number of hydrogen-bond acceptors (Lipinski definition) is 4. The zero-order valence-corrected chi connectivity index (χ0v) is 13.4. The minimum absolute atomic E-state index is 0.00328. The molecule has 2 rings (SSSR count). The van der Waals surface area contributed by atoms with Crippen molar-refractivity contribution < 1.29 is 19.1 Å². The SMILES string of the molecule is COCNC(=O)[C@H]1CC[C@H](NC(=O)OCc2ccccc2)CC1. The standard InChI is InChI=1S/C17H24N2O4/c1-22-12-18-16(20)14-7-9-15(10-8-14)19-17(21)23-11-13-5-3-2-4-6-13/h2-6,14-15H,7-12H2,1H3,(H,18,20)(H,19,21)/t14-,15-. The minimum atomic E-state index is -0.402. The van der Waals surface area contributed by atoms with Crippen LogP contribution >= 0.6 is 0 Å². The van der Waals surface area contributed by atoms with Crippen molar-refractivity contribution >= 4 is 12.0 Å². The Bertz CT molecular complexity index is 499. The number of nitrogens with one attached hydrogen (secondary N) is 2. The number of amides is 2. The Kier molecular flexibility index (Phi) is 6.87. The molecule has 1 aliphatic rings. The van der Waals surface area contributed by atoms with Gasteiger partial charge in [-0.3, -0.25) is 4.79 Å². The number of carbonyl (C=O) groups is 2. The van der Waals surface area contributed by atoms with Gasteiger partial charge in [-0.1, -0.05) is 30.3 Å². The Hall–Kier alpha value is -2.08. The highest BCUT2D eigenvalue weighted by molar-refractivity contribution is 5.78. The van der Waals surface area contributed by atoms with Crippen molar-refractivity contribution in [3.05, 3.63) is 35.9 Å². The Morgan fingerprint density at radius 3 is 2.48 bits per heavy atom. The number of methoxy groups -OCH3 is 1. The van der Waals surface area contributed by atoms with Crippen molar-refractivity contribution in [1.29, 1.82) is 0 Å². The molecule has 6 nitrogen and oxygen atoms in total. The molecule has 1 fully saturated rings. The molecule has 1 aromatic carbocycles. The van der Waals surface area contributed by atoms with Crippen molar-refractivity contribution in [3.63, 3.8) is 0 Å². The van der Waals surface area contributed by atoms with Gasteiger partial charge in [0.15, 0.2) is 0 Å². The summed E-state index contributed by atoms with van der Waals surface area (Å²) in [6, 6.07) is 9.64. The first-order valence-corrected chi connectivity index (χ1v) is 7.93. The van der Waals surface area contributed by atoms with Gasteiger partial charge in [0.05, 0.1) is 0 Å². The van der Waals surface area contributed by atoms with Crippen LogP contribution in [0.2, 0.25) is 0 Å². The normalized spacial score (nSPS) is 20.6. The predicted molar refractivity (Wildman–Crippen MR) is 85.5 cm³/mol. The van der Waals surface area contributed by atoms with E-state index < -0.39 is 6.09 Å². The van der Waals surface area contributed by atoms with Crippen molar-refractivity contribution in [1.82, 2.24) is 10.6 Å². The lowest BCUT2D eigenvalue weighted by Crippen LogP contribution is -2.41. The maximum absolute atomic E-state index is 11.8. The average Bonchev–Trinajstić information content (AvgIpc) is 2.59. The van der Waals surface area contributed by atoms with E-state index in [1.165, 1.54) is 0 Å². The highest BCUT2D eigenvalue weighted by Crippen LogP contribution is 2.24. The third kappa shape index (κ3) is 5.90. The summed E-state index contributed by atoms with van der Waals surface area (Å²) in [6.45, 7) is 0.504. The van der Waals surface area contributed by atoms with Gasteiger partial charge in [-0.05, 0) is 31.2 Å². The van der Waals surface area contributed by atoms with Crippen LogP contribution in [-0.4, -0.2) is 31.9 Å². The van der Waals surface area contributed by atoms with Gasteiger partial charge in [0.25, 0.3) is 0 Å². The van der Waals surface area contributed by atoms with E-state index >= 15 is 0 Å². The van der Waals surface area contributed by atoms with Crippen LogP contribution in [0.25, 0.3) is 0 Å². The largest absolute Gasteiger partial charge is 0.445 e. The highest BCUT2D eigenvalue weighted by Gasteiger charge is 2.27. The molecule has 126 valence electrons. The summed E-state index contributed by atoms with van der Waals surface area (Å²) in [6.07, 6.45) is 2.69. The molecule has 0 radical (unpaired) electrons. The van der Waals surface area contributed by atoms with E-state index in [2.05, 4.69) is 10.6 Å². The van der Waals surface area contributed by atoms with Gasteiger partial charge in [0, 0.05) is 19.1 Å². The van der Waals surface area contributed by atoms with Crippen LogP contribution in [0.3, 0.4) is 0 Å². The Morgan fingerprint density at radius 2 is 1.83 bits per heavy atom. The molecular formula is C17H24N2O4. The van der Waals surface area contributed by atoms with Gasteiger partial charge in [-0.15, -0.1) is 0 Å². The first-order chi connectivity index (χ1) is 11.2. The Balaban J connectivity index is 1.65. The lowest BCUT2D eigenvalue weighted by molar-refractivity contribution is -0.127. The Labute approximate surface area is 136 Å². The van der Waals surface area contributed by atoms with E-state index in [1.54, 1.807) is 7.11 Å². The molecular weight excluding hydrogens is 296 g/mol. The molecule has 0 atom stereocenters. The van der Waals surface area contributed by atoms with Gasteiger partial charge < -0.3 is 20.1 Å². The number of benzene rings is 1. The van der Waals surface area contributed by atoms with Crippen LogP contribution in [0.15, 0.2) is 30.3 Å². The van der Waals surface area contributed by atoms with Crippen LogP contribution in [-0.2, 0) is 20.9 Å². The highest BCUT2D eigenvalue weighted by atomic mass is 16.5. The number of carbonyl (C=O) groups excluding carboxylic acids is 2. The van der Waals surface area contributed by atoms with E-state index in [0.29, 0.717) is 0 Å². The fourth-order valence-electron chi connectivity index (χ4n) is 2.72. The zero-order valence-electron chi connectivity index (χ0n) is 13.4. The number of rotatable bonds is 6. The second kappa shape index (κ2) is 9.15. The molecule has 1 aromatic rings. The molecule has 0 heterocycles. The van der Waals surface area contributed by atoms with E-state index in [-0.39, 0.29) is 31.2 Å². The van der Waals surface area contributed by atoms with Gasteiger partial charge in [0.1, 0.15) is 13.3 Å². The van der Waals surface area contributed by atoms with E-state index in [1.807, 2.05) is 30.3 Å². The number of ether oxygens (including phenoxy) is 2. The quantitative estimate of drug-likeness (QED) is 0.788. The summed E-state index contributed by atoms with van der Waals surface area (Å²) in [5.41, 5.74) is 0.959. The summed E-state index contributed by atoms with van der Waals surface area (Å²) < 4.78 is 10.0. The number of alkyl carbamates (subject to hydrolysis) is 1. The fraction of sp³-hybridized carbons (Fsp3) is 0.529. The molecule has 0 spiro atoms. The van der Waals surface area contributed by atoms with Gasteiger partial charge >= 0.3 is 6.09 Å². The summed E-state index contributed by atoms with van der Waals surface area (Å²) in [5, 5.41) is 5.60. The smallest absolute Gasteiger partial charge is 0.407 e. The lowest BCUT2D eigenvalue weighted by atomic mass is 9.85. The molecule has 1 aliphatic carbocycles. The van der Waals surface area contributed by atoms with E-state index in [4.69, 9.17) is 9.47 Å². The molecule has 2 amide bonds. The molecule has 0 saturated heterocycles. The average molecular weight is 320 g/mol. The summed E-state index contributed by atoms with van der Waals surface area (Å²) in [5.74, 6) is 0.0282. The maximum atomic E-state index is 11.8. The fourth-order valence-corrected chi connectivity index (χ4v) is 2.72. The summed E-state index contributed by atoms with van der Waals surface area (Å²) >= 11 is 0. The van der Waals surface area contributed by atoms with Crippen LogP contribution < -0.4 is 10.6 Å². The third-order valence-corrected chi connectivity index (χ3v) is 4.02. The molecule has 0 unspecified atom stereocenters. The third-order valence-electron chi connectivity index (χ3n) is 4.02. The Morgan fingerprint density at radius 1 is 1.13 bits per heavy atom. The monoisotopic (exact) mass is 320 g/mol. The van der Waals surface area contributed by atoms with E-state index in [0.717, 1.165) is 31.2 Å². The topological polar surface area (TPSA) is 76.7 Å². The first-order valence-electron chi connectivity index (χ1n) is 7.93. The van der Waals surface area contributed by atoms with Crippen molar-refractivity contribution in [2.24, 2.45) is 5.92 Å².